The van der Waals surface area contributed by atoms with E-state index in [1.165, 1.54) is 0 Å². The standard InChI is InChI=1S/C18H19BrN2O3/c1-2-3-12-24-14-10-8-13(9-11-14)17(22)20-21-18(23)15-6-4-5-7-16(15)19/h4-11H,2-3,12H2,1H3,(H,20,22)(H,21,23). The maximum Gasteiger partial charge on any atom is 0.270 e. The molecule has 0 fully saturated rings. The van der Waals surface area contributed by atoms with Crippen LogP contribution in [0.1, 0.15) is 40.5 Å². The summed E-state index contributed by atoms with van der Waals surface area (Å²) in [5.41, 5.74) is 5.67. The third-order valence-corrected chi connectivity index (χ3v) is 3.98. The number of ether oxygens (including phenoxy) is 1. The molecule has 2 rings (SSSR count). The van der Waals surface area contributed by atoms with E-state index in [-0.39, 0.29) is 0 Å². The van der Waals surface area contributed by atoms with Gasteiger partial charge in [0, 0.05) is 10.0 Å². The van der Waals surface area contributed by atoms with Gasteiger partial charge in [-0.2, -0.15) is 0 Å². The Labute approximate surface area is 149 Å². The van der Waals surface area contributed by atoms with Crippen molar-refractivity contribution < 1.29 is 14.3 Å². The van der Waals surface area contributed by atoms with Crippen LogP contribution < -0.4 is 15.6 Å². The SMILES string of the molecule is CCCCOc1ccc(C(=O)NNC(=O)c2ccccc2Br)cc1. The summed E-state index contributed by atoms with van der Waals surface area (Å²) in [5, 5.41) is 0. The highest BCUT2D eigenvalue weighted by molar-refractivity contribution is 9.10. The molecule has 5 nitrogen and oxygen atoms in total. The van der Waals surface area contributed by atoms with Gasteiger partial charge in [0.1, 0.15) is 5.75 Å². The van der Waals surface area contributed by atoms with E-state index in [9.17, 15) is 9.59 Å². The minimum atomic E-state index is -0.393. The second-order valence-corrected chi connectivity index (χ2v) is 5.97. The fraction of sp³-hybridized carbons (Fsp3) is 0.222. The van der Waals surface area contributed by atoms with Crippen molar-refractivity contribution in [2.45, 2.75) is 19.8 Å². The summed E-state index contributed by atoms with van der Waals surface area (Å²) in [4.78, 5) is 24.1. The normalized spacial score (nSPS) is 10.1. The number of carbonyl (C=O) groups excluding carboxylic acids is 2. The van der Waals surface area contributed by atoms with E-state index in [1.807, 2.05) is 6.07 Å². The van der Waals surface area contributed by atoms with E-state index in [1.54, 1.807) is 42.5 Å². The lowest BCUT2D eigenvalue weighted by Crippen LogP contribution is -2.41. The van der Waals surface area contributed by atoms with Gasteiger partial charge in [-0.05, 0) is 58.7 Å². The largest absolute Gasteiger partial charge is 0.494 e. The molecule has 2 amide bonds. The Hall–Kier alpha value is -2.34. The number of nitrogens with one attached hydrogen (secondary N) is 2. The van der Waals surface area contributed by atoms with Gasteiger partial charge < -0.3 is 4.74 Å². The Morgan fingerprint density at radius 3 is 2.33 bits per heavy atom. The summed E-state index contributed by atoms with van der Waals surface area (Å²) in [6.07, 6.45) is 2.06. The Balaban J connectivity index is 1.88. The number of halogens is 1. The molecule has 0 saturated heterocycles. The highest BCUT2D eigenvalue weighted by Crippen LogP contribution is 2.15. The van der Waals surface area contributed by atoms with Crippen LogP contribution in [0.3, 0.4) is 0 Å². The Morgan fingerprint density at radius 2 is 1.67 bits per heavy atom. The molecule has 24 heavy (non-hydrogen) atoms. The molecule has 0 aromatic heterocycles. The zero-order chi connectivity index (χ0) is 17.4. The summed E-state index contributed by atoms with van der Waals surface area (Å²) >= 11 is 3.30. The summed E-state index contributed by atoms with van der Waals surface area (Å²) in [5.74, 6) is -0.0666. The zero-order valence-electron chi connectivity index (χ0n) is 13.3. The molecule has 0 aliphatic carbocycles. The molecule has 0 saturated carbocycles. The third kappa shape index (κ3) is 5.09. The van der Waals surface area contributed by atoms with Gasteiger partial charge in [-0.25, -0.2) is 0 Å². The van der Waals surface area contributed by atoms with Crippen LogP contribution in [0.4, 0.5) is 0 Å². The molecule has 0 aliphatic rings. The number of rotatable bonds is 6. The van der Waals surface area contributed by atoms with Crippen LogP contribution in [0, 0.1) is 0 Å². The zero-order valence-corrected chi connectivity index (χ0v) is 14.9. The van der Waals surface area contributed by atoms with Crippen LogP contribution in [0.5, 0.6) is 5.75 Å². The van der Waals surface area contributed by atoms with Crippen molar-refractivity contribution in [2.75, 3.05) is 6.61 Å². The Morgan fingerprint density at radius 1 is 1.00 bits per heavy atom. The Bertz CT molecular complexity index is 702. The molecule has 0 unspecified atom stereocenters. The van der Waals surface area contributed by atoms with Gasteiger partial charge in [-0.1, -0.05) is 25.5 Å². The van der Waals surface area contributed by atoms with Gasteiger partial charge in [0.05, 0.1) is 12.2 Å². The van der Waals surface area contributed by atoms with E-state index < -0.39 is 11.8 Å². The number of unbranched alkanes of at least 4 members (excludes halogenated alkanes) is 1. The first-order valence-corrected chi connectivity index (χ1v) is 8.49. The highest BCUT2D eigenvalue weighted by atomic mass is 79.9. The van der Waals surface area contributed by atoms with Crippen molar-refractivity contribution >= 4 is 27.7 Å². The average molecular weight is 391 g/mol. The minimum absolute atomic E-state index is 0.393. The molecule has 2 aromatic carbocycles. The number of hydrogen-bond donors (Lipinski definition) is 2. The second kappa shape index (κ2) is 9.08. The van der Waals surface area contributed by atoms with Crippen LogP contribution in [0.25, 0.3) is 0 Å². The molecule has 0 heterocycles. The maximum absolute atomic E-state index is 12.1. The van der Waals surface area contributed by atoms with Gasteiger partial charge in [0.15, 0.2) is 0 Å². The third-order valence-electron chi connectivity index (χ3n) is 3.29. The summed E-state index contributed by atoms with van der Waals surface area (Å²) in [7, 11) is 0. The van der Waals surface area contributed by atoms with Gasteiger partial charge >= 0.3 is 0 Å². The molecular weight excluding hydrogens is 372 g/mol. The van der Waals surface area contributed by atoms with Crippen molar-refractivity contribution in [3.63, 3.8) is 0 Å². The molecule has 0 bridgehead atoms. The lowest BCUT2D eigenvalue weighted by atomic mass is 10.2. The number of hydrogen-bond acceptors (Lipinski definition) is 3. The van der Waals surface area contributed by atoms with Gasteiger partial charge in [0.25, 0.3) is 11.8 Å². The van der Waals surface area contributed by atoms with Crippen LogP contribution in [-0.2, 0) is 0 Å². The van der Waals surface area contributed by atoms with Gasteiger partial charge in [-0.15, -0.1) is 0 Å². The van der Waals surface area contributed by atoms with Crippen molar-refractivity contribution in [1.29, 1.82) is 0 Å². The molecule has 0 aliphatic heterocycles. The molecular formula is C18H19BrN2O3. The topological polar surface area (TPSA) is 67.4 Å². The van der Waals surface area contributed by atoms with E-state index in [4.69, 9.17) is 4.74 Å². The highest BCUT2D eigenvalue weighted by Gasteiger charge is 2.11. The van der Waals surface area contributed by atoms with Crippen molar-refractivity contribution in [3.05, 3.63) is 64.1 Å². The summed E-state index contributed by atoms with van der Waals surface area (Å²) in [6.45, 7) is 2.75. The lowest BCUT2D eigenvalue weighted by molar-refractivity contribution is 0.0846. The predicted octanol–water partition coefficient (Wildman–Crippen LogP) is 3.70. The molecule has 2 N–H and O–H groups in total. The van der Waals surface area contributed by atoms with E-state index in [0.29, 0.717) is 22.2 Å². The van der Waals surface area contributed by atoms with E-state index >= 15 is 0 Å². The van der Waals surface area contributed by atoms with Crippen LogP contribution >= 0.6 is 15.9 Å². The van der Waals surface area contributed by atoms with Crippen molar-refractivity contribution in [1.82, 2.24) is 10.9 Å². The first kappa shape index (κ1) is 18.0. The van der Waals surface area contributed by atoms with E-state index in [0.717, 1.165) is 18.6 Å². The number of hydrazine groups is 1. The monoisotopic (exact) mass is 390 g/mol. The fourth-order valence-corrected chi connectivity index (χ4v) is 2.40. The Kier molecular flexibility index (Phi) is 6.81. The molecule has 0 spiro atoms. The van der Waals surface area contributed by atoms with Crippen LogP contribution in [-0.4, -0.2) is 18.4 Å². The maximum atomic E-state index is 12.1. The first-order chi connectivity index (χ1) is 11.6. The average Bonchev–Trinajstić information content (AvgIpc) is 2.60. The predicted molar refractivity (Wildman–Crippen MR) is 95.9 cm³/mol. The van der Waals surface area contributed by atoms with Crippen LogP contribution in [0.15, 0.2) is 53.0 Å². The number of carbonyl (C=O) groups is 2. The lowest BCUT2D eigenvalue weighted by Gasteiger charge is -2.09. The van der Waals surface area contributed by atoms with E-state index in [2.05, 4.69) is 33.7 Å². The van der Waals surface area contributed by atoms with Gasteiger partial charge in [0.2, 0.25) is 0 Å². The molecule has 0 atom stereocenters. The fourth-order valence-electron chi connectivity index (χ4n) is 1.94. The van der Waals surface area contributed by atoms with Crippen LogP contribution in [0.2, 0.25) is 0 Å². The molecule has 126 valence electrons. The quantitative estimate of drug-likeness (QED) is 0.583. The smallest absolute Gasteiger partial charge is 0.270 e. The number of amides is 2. The molecule has 6 heteroatoms. The number of benzene rings is 2. The minimum Gasteiger partial charge on any atom is -0.494 e. The second-order valence-electron chi connectivity index (χ2n) is 5.11. The molecule has 0 radical (unpaired) electrons. The van der Waals surface area contributed by atoms with Crippen molar-refractivity contribution in [3.8, 4) is 5.75 Å². The molecule has 2 aromatic rings. The first-order valence-electron chi connectivity index (χ1n) is 7.70. The summed E-state index contributed by atoms with van der Waals surface area (Å²) < 4.78 is 6.20. The van der Waals surface area contributed by atoms with Gasteiger partial charge in [-0.3, -0.25) is 20.4 Å². The summed E-state index contributed by atoms with van der Waals surface area (Å²) in [6, 6.07) is 13.8. The van der Waals surface area contributed by atoms with Crippen molar-refractivity contribution in [2.24, 2.45) is 0 Å².